The molecular formula is C21H23NO5S. The Morgan fingerprint density at radius 2 is 1.93 bits per heavy atom. The van der Waals surface area contributed by atoms with E-state index in [2.05, 4.69) is 5.32 Å². The van der Waals surface area contributed by atoms with E-state index in [-0.39, 0.29) is 23.8 Å². The maximum Gasteiger partial charge on any atom is 0.308 e. The van der Waals surface area contributed by atoms with Crippen LogP contribution in [0.3, 0.4) is 0 Å². The van der Waals surface area contributed by atoms with Gasteiger partial charge in [-0.3, -0.25) is 9.59 Å². The van der Waals surface area contributed by atoms with Gasteiger partial charge < -0.3 is 19.5 Å². The monoisotopic (exact) mass is 401 g/mol. The molecule has 2 aliphatic rings. The molecule has 2 heterocycles. The molecule has 4 rings (SSSR count). The van der Waals surface area contributed by atoms with E-state index in [9.17, 15) is 9.59 Å². The summed E-state index contributed by atoms with van der Waals surface area (Å²) in [5.74, 6) is 1.09. The van der Waals surface area contributed by atoms with Crippen molar-refractivity contribution in [3.8, 4) is 21.9 Å². The third kappa shape index (κ3) is 3.99. The maximum atomic E-state index is 12.7. The first-order chi connectivity index (χ1) is 13.6. The van der Waals surface area contributed by atoms with Gasteiger partial charge in [0.1, 0.15) is 13.2 Å². The van der Waals surface area contributed by atoms with Crippen molar-refractivity contribution in [2.45, 2.75) is 31.7 Å². The van der Waals surface area contributed by atoms with Crippen molar-refractivity contribution in [3.63, 3.8) is 0 Å². The minimum Gasteiger partial charge on any atom is -0.486 e. The zero-order valence-electron chi connectivity index (χ0n) is 15.7. The molecule has 1 fully saturated rings. The molecule has 1 amide bonds. The van der Waals surface area contributed by atoms with Crippen molar-refractivity contribution in [1.29, 1.82) is 0 Å². The molecule has 0 saturated heterocycles. The van der Waals surface area contributed by atoms with E-state index in [0.717, 1.165) is 41.2 Å². The van der Waals surface area contributed by atoms with Gasteiger partial charge in [0, 0.05) is 10.9 Å². The highest BCUT2D eigenvalue weighted by Crippen LogP contribution is 2.37. The molecule has 2 atom stereocenters. The molecule has 0 spiro atoms. The fraction of sp³-hybridized carbons (Fsp3) is 0.429. The largest absolute Gasteiger partial charge is 0.486 e. The van der Waals surface area contributed by atoms with Crippen LogP contribution in [-0.4, -0.2) is 38.2 Å². The smallest absolute Gasteiger partial charge is 0.308 e. The lowest BCUT2D eigenvalue weighted by Crippen LogP contribution is -2.39. The van der Waals surface area contributed by atoms with E-state index in [4.69, 9.17) is 14.2 Å². The minimum absolute atomic E-state index is 0.00481. The number of carbonyl (C=O) groups excluding carboxylic acids is 2. The fourth-order valence-corrected chi connectivity index (χ4v) is 4.68. The normalized spacial score (nSPS) is 21.0. The molecule has 6 nitrogen and oxygen atoms in total. The van der Waals surface area contributed by atoms with Crippen molar-refractivity contribution >= 4 is 23.2 Å². The quantitative estimate of drug-likeness (QED) is 0.792. The van der Waals surface area contributed by atoms with Gasteiger partial charge in [-0.1, -0.05) is 6.42 Å². The number of carbonyl (C=O) groups is 2. The van der Waals surface area contributed by atoms with E-state index >= 15 is 0 Å². The lowest BCUT2D eigenvalue weighted by molar-refractivity contribution is -0.146. The number of amides is 1. The van der Waals surface area contributed by atoms with Crippen molar-refractivity contribution in [1.82, 2.24) is 5.32 Å². The summed E-state index contributed by atoms with van der Waals surface area (Å²) in [6.45, 7) is 1.11. The fourth-order valence-electron chi connectivity index (χ4n) is 3.77. The highest BCUT2D eigenvalue weighted by Gasteiger charge is 2.29. The number of esters is 1. The SMILES string of the molecule is COC(=O)[C@H]1CCC[C@@H](NC(=O)c2ccc(-c3ccc4c(c3)OCCO4)s2)C1. The Hall–Kier alpha value is -2.54. The minimum atomic E-state index is -0.184. The van der Waals surface area contributed by atoms with Gasteiger partial charge in [0.15, 0.2) is 11.5 Å². The Morgan fingerprint density at radius 3 is 2.75 bits per heavy atom. The first kappa shape index (κ1) is 18.8. The van der Waals surface area contributed by atoms with Crippen LogP contribution in [0.1, 0.15) is 35.4 Å². The molecule has 28 heavy (non-hydrogen) atoms. The highest BCUT2D eigenvalue weighted by molar-refractivity contribution is 7.17. The van der Waals surface area contributed by atoms with E-state index in [0.29, 0.717) is 24.5 Å². The first-order valence-electron chi connectivity index (χ1n) is 9.52. The highest BCUT2D eigenvalue weighted by atomic mass is 32.1. The second-order valence-corrected chi connectivity index (χ2v) is 8.16. The molecule has 148 valence electrons. The predicted octanol–water partition coefficient (Wildman–Crippen LogP) is 3.65. The molecule has 1 saturated carbocycles. The summed E-state index contributed by atoms with van der Waals surface area (Å²) in [7, 11) is 1.41. The van der Waals surface area contributed by atoms with Crippen LogP contribution in [0.2, 0.25) is 0 Å². The zero-order valence-corrected chi connectivity index (χ0v) is 16.6. The van der Waals surface area contributed by atoms with Crippen molar-refractivity contribution in [3.05, 3.63) is 35.2 Å². The average Bonchev–Trinajstić information content (AvgIpc) is 3.23. The van der Waals surface area contributed by atoms with Gasteiger partial charge in [0.2, 0.25) is 0 Å². The van der Waals surface area contributed by atoms with Crippen LogP contribution in [0.15, 0.2) is 30.3 Å². The van der Waals surface area contributed by atoms with E-state index in [1.807, 2.05) is 30.3 Å². The van der Waals surface area contributed by atoms with Gasteiger partial charge in [-0.2, -0.15) is 0 Å². The number of fused-ring (bicyclic) bond motifs is 1. The van der Waals surface area contributed by atoms with Crippen molar-refractivity contribution < 1.29 is 23.8 Å². The summed E-state index contributed by atoms with van der Waals surface area (Å²) in [4.78, 5) is 26.1. The standard InChI is InChI=1S/C21H23NO5S/c1-25-21(24)14-3-2-4-15(11-14)22-20(23)19-8-7-18(28-19)13-5-6-16-17(12-13)27-10-9-26-16/h5-8,12,14-15H,2-4,9-11H2,1H3,(H,22,23)/t14-,15+/m0/s1. The summed E-state index contributed by atoms with van der Waals surface area (Å²) in [5.41, 5.74) is 0.997. The molecule has 1 aliphatic carbocycles. The van der Waals surface area contributed by atoms with Gasteiger partial charge in [-0.25, -0.2) is 0 Å². The number of benzene rings is 1. The van der Waals surface area contributed by atoms with Crippen LogP contribution in [-0.2, 0) is 9.53 Å². The Morgan fingerprint density at radius 1 is 1.11 bits per heavy atom. The van der Waals surface area contributed by atoms with E-state index < -0.39 is 0 Å². The summed E-state index contributed by atoms with van der Waals surface area (Å²) in [5, 5.41) is 3.08. The molecule has 1 aromatic carbocycles. The summed E-state index contributed by atoms with van der Waals surface area (Å²) in [6.07, 6.45) is 3.27. The molecule has 1 aromatic heterocycles. The van der Waals surface area contributed by atoms with Crippen molar-refractivity contribution in [2.75, 3.05) is 20.3 Å². The Balaban J connectivity index is 1.42. The van der Waals surface area contributed by atoms with Gasteiger partial charge in [-0.05, 0) is 55.2 Å². The van der Waals surface area contributed by atoms with E-state index in [1.54, 1.807) is 0 Å². The number of nitrogens with one attached hydrogen (secondary N) is 1. The van der Waals surface area contributed by atoms with Crippen LogP contribution in [0.25, 0.3) is 10.4 Å². The molecule has 1 aliphatic heterocycles. The summed E-state index contributed by atoms with van der Waals surface area (Å²) in [6, 6.07) is 9.62. The Kier molecular flexibility index (Phi) is 5.52. The molecular weight excluding hydrogens is 378 g/mol. The average molecular weight is 401 g/mol. The number of hydrogen-bond donors (Lipinski definition) is 1. The van der Waals surface area contributed by atoms with Gasteiger partial charge in [-0.15, -0.1) is 11.3 Å². The molecule has 2 aromatic rings. The predicted molar refractivity (Wildman–Crippen MR) is 106 cm³/mol. The van der Waals surface area contributed by atoms with E-state index in [1.165, 1.54) is 18.4 Å². The summed E-state index contributed by atoms with van der Waals surface area (Å²) >= 11 is 1.44. The lowest BCUT2D eigenvalue weighted by atomic mass is 9.85. The van der Waals surface area contributed by atoms with Gasteiger partial charge >= 0.3 is 5.97 Å². The van der Waals surface area contributed by atoms with Crippen molar-refractivity contribution in [2.24, 2.45) is 5.92 Å². The third-order valence-corrected chi connectivity index (χ3v) is 6.33. The second kappa shape index (κ2) is 8.22. The van der Waals surface area contributed by atoms with Crippen LogP contribution in [0.4, 0.5) is 0 Å². The number of hydrogen-bond acceptors (Lipinski definition) is 6. The lowest BCUT2D eigenvalue weighted by Gasteiger charge is -2.27. The Bertz CT molecular complexity index is 877. The molecule has 1 N–H and O–H groups in total. The number of thiophene rings is 1. The molecule has 7 heteroatoms. The van der Waals surface area contributed by atoms with Crippen LogP contribution in [0, 0.1) is 5.92 Å². The first-order valence-corrected chi connectivity index (χ1v) is 10.3. The number of methoxy groups -OCH3 is 1. The second-order valence-electron chi connectivity index (χ2n) is 7.08. The van der Waals surface area contributed by atoms with Crippen LogP contribution >= 0.6 is 11.3 Å². The van der Waals surface area contributed by atoms with Crippen LogP contribution < -0.4 is 14.8 Å². The van der Waals surface area contributed by atoms with Crippen LogP contribution in [0.5, 0.6) is 11.5 Å². The molecule has 0 radical (unpaired) electrons. The van der Waals surface area contributed by atoms with Gasteiger partial charge in [0.05, 0.1) is 17.9 Å². The Labute approximate surface area is 167 Å². The summed E-state index contributed by atoms with van der Waals surface area (Å²) < 4.78 is 16.0. The zero-order chi connectivity index (χ0) is 19.5. The van der Waals surface area contributed by atoms with Gasteiger partial charge in [0.25, 0.3) is 5.91 Å². The number of rotatable bonds is 4. The number of ether oxygens (including phenoxy) is 3. The maximum absolute atomic E-state index is 12.7. The molecule has 0 bridgehead atoms. The third-order valence-electron chi connectivity index (χ3n) is 5.20. The topological polar surface area (TPSA) is 73.9 Å². The molecule has 0 unspecified atom stereocenters.